The van der Waals surface area contributed by atoms with Crippen molar-refractivity contribution in [3.63, 3.8) is 0 Å². The van der Waals surface area contributed by atoms with Crippen molar-refractivity contribution in [2.24, 2.45) is 0 Å². The van der Waals surface area contributed by atoms with E-state index in [4.69, 9.17) is 4.74 Å². The van der Waals surface area contributed by atoms with Crippen molar-refractivity contribution in [3.05, 3.63) is 24.3 Å². The summed E-state index contributed by atoms with van der Waals surface area (Å²) in [5.41, 5.74) is 0. The average molecular weight is 197 g/mol. The Hall–Kier alpha value is -1.41. The van der Waals surface area contributed by atoms with Crippen LogP contribution in [0.1, 0.15) is 0 Å². The molecule has 0 heterocycles. The van der Waals surface area contributed by atoms with Crippen LogP contribution in [-0.4, -0.2) is 12.9 Å². The highest BCUT2D eigenvalue weighted by Crippen LogP contribution is 2.19. The fourth-order valence-corrected chi connectivity index (χ4v) is 0.960. The Morgan fingerprint density at radius 1 is 1.23 bits per heavy atom. The lowest BCUT2D eigenvalue weighted by Crippen LogP contribution is -1.96. The van der Waals surface area contributed by atoms with E-state index in [0.29, 0.717) is 11.5 Å². The van der Waals surface area contributed by atoms with Gasteiger partial charge in [0.05, 0.1) is 0 Å². The van der Waals surface area contributed by atoms with Gasteiger partial charge in [0.15, 0.2) is 6.61 Å². The second kappa shape index (κ2) is 5.27. The molecule has 67 valence electrons. The Labute approximate surface area is 76.8 Å². The first kappa shape index (κ1) is 9.68. The highest BCUT2D eigenvalue weighted by molar-refractivity contribution is 7.17. The highest BCUT2D eigenvalue weighted by Gasteiger charge is 1.95. The summed E-state index contributed by atoms with van der Waals surface area (Å²) < 4.78 is 19.6. The molecule has 0 aromatic heterocycles. The Kier molecular flexibility index (Phi) is 3.93. The fourth-order valence-electron chi connectivity index (χ4n) is 0.753. The first-order valence-corrected chi connectivity index (χ1v) is 4.17. The van der Waals surface area contributed by atoms with Crippen molar-refractivity contribution in [1.82, 2.24) is 0 Å². The van der Waals surface area contributed by atoms with Crippen LogP contribution in [0.4, 0.5) is 0 Å². The van der Waals surface area contributed by atoms with Gasteiger partial charge in [-0.2, -0.15) is 0 Å². The molecule has 0 aliphatic carbocycles. The van der Waals surface area contributed by atoms with Gasteiger partial charge in [-0.3, -0.25) is 4.79 Å². The quantitative estimate of drug-likeness (QED) is 0.675. The summed E-state index contributed by atoms with van der Waals surface area (Å²) in [4.78, 5) is 9.83. The predicted octanol–water partition coefficient (Wildman–Crippen LogP) is 1.76. The Morgan fingerprint density at radius 2 is 1.85 bits per heavy atom. The van der Waals surface area contributed by atoms with Crippen LogP contribution in [-0.2, 0) is 9.36 Å². The normalized spacial score (nSPS) is 9.54. The minimum atomic E-state index is -0.397. The molecule has 0 saturated heterocycles. The minimum Gasteiger partial charge on any atom is -0.485 e. The number of rotatable bonds is 5. The maximum absolute atomic E-state index is 10.0. The Morgan fingerprint density at radius 3 is 2.38 bits per heavy atom. The van der Waals surface area contributed by atoms with Gasteiger partial charge >= 0.3 is 8.69 Å². The Balaban J connectivity index is 2.58. The molecule has 0 unspecified atom stereocenters. The van der Waals surface area contributed by atoms with Crippen LogP contribution in [0.3, 0.4) is 0 Å². The van der Waals surface area contributed by atoms with Gasteiger partial charge < -0.3 is 9.26 Å². The largest absolute Gasteiger partial charge is 0.485 e. The molecule has 0 aliphatic heterocycles. The molecule has 1 rings (SSSR count). The van der Waals surface area contributed by atoms with Gasteiger partial charge in [-0.15, -0.1) is 0 Å². The molecule has 0 fully saturated rings. The molecule has 0 atom stereocenters. The van der Waals surface area contributed by atoms with Gasteiger partial charge in [0.2, 0.25) is 6.29 Å². The minimum absolute atomic E-state index is 0.0972. The zero-order valence-corrected chi connectivity index (χ0v) is 7.49. The SMILES string of the molecule is O=[C]COc1ccc(OP=O)cc1. The van der Waals surface area contributed by atoms with Crippen molar-refractivity contribution in [2.75, 3.05) is 6.61 Å². The van der Waals surface area contributed by atoms with Crippen LogP contribution < -0.4 is 9.26 Å². The number of benzene rings is 1. The summed E-state index contributed by atoms with van der Waals surface area (Å²) in [5, 5.41) is 0. The van der Waals surface area contributed by atoms with Crippen molar-refractivity contribution in [2.45, 2.75) is 0 Å². The van der Waals surface area contributed by atoms with E-state index in [1.807, 2.05) is 0 Å². The van der Waals surface area contributed by atoms with E-state index in [2.05, 4.69) is 4.52 Å². The van der Waals surface area contributed by atoms with E-state index < -0.39 is 8.69 Å². The molecule has 0 spiro atoms. The maximum atomic E-state index is 10.0. The van der Waals surface area contributed by atoms with Crippen LogP contribution >= 0.6 is 8.69 Å². The summed E-state index contributed by atoms with van der Waals surface area (Å²) in [6, 6.07) is 6.39. The first-order chi connectivity index (χ1) is 6.36. The van der Waals surface area contributed by atoms with Gasteiger partial charge in [-0.1, -0.05) is 0 Å². The zero-order chi connectivity index (χ0) is 9.52. The third-order valence-corrected chi connectivity index (χ3v) is 1.55. The highest BCUT2D eigenvalue weighted by atomic mass is 31.1. The molecule has 1 aromatic rings. The van der Waals surface area contributed by atoms with Crippen molar-refractivity contribution < 1.29 is 18.6 Å². The van der Waals surface area contributed by atoms with Crippen LogP contribution in [0.15, 0.2) is 24.3 Å². The van der Waals surface area contributed by atoms with E-state index in [1.54, 1.807) is 30.6 Å². The predicted molar refractivity (Wildman–Crippen MR) is 45.9 cm³/mol. The molecule has 1 aromatic carbocycles. The molecule has 0 saturated carbocycles. The lowest BCUT2D eigenvalue weighted by atomic mass is 10.3. The number of hydrogen-bond donors (Lipinski definition) is 0. The lowest BCUT2D eigenvalue weighted by molar-refractivity contribution is 0.364. The molecule has 0 amide bonds. The molecule has 0 aliphatic rings. The maximum Gasteiger partial charge on any atom is 0.395 e. The van der Waals surface area contributed by atoms with Crippen molar-refractivity contribution >= 4 is 15.0 Å². The van der Waals surface area contributed by atoms with E-state index in [-0.39, 0.29) is 6.61 Å². The zero-order valence-electron chi connectivity index (χ0n) is 6.60. The van der Waals surface area contributed by atoms with Gasteiger partial charge in [-0.05, 0) is 24.3 Å². The molecule has 5 heteroatoms. The summed E-state index contributed by atoms with van der Waals surface area (Å²) in [6.45, 7) is -0.0972. The van der Waals surface area contributed by atoms with E-state index in [0.717, 1.165) is 0 Å². The van der Waals surface area contributed by atoms with E-state index >= 15 is 0 Å². The third-order valence-electron chi connectivity index (χ3n) is 1.26. The topological polar surface area (TPSA) is 52.6 Å². The lowest BCUT2D eigenvalue weighted by Gasteiger charge is -2.01. The molecular formula is C8H6O4P. The first-order valence-electron chi connectivity index (χ1n) is 3.44. The van der Waals surface area contributed by atoms with Crippen LogP contribution in [0.5, 0.6) is 11.5 Å². The molecule has 4 nitrogen and oxygen atoms in total. The van der Waals surface area contributed by atoms with Gasteiger partial charge in [-0.25, -0.2) is 4.57 Å². The fraction of sp³-hybridized carbons (Fsp3) is 0.125. The molecule has 0 bridgehead atoms. The van der Waals surface area contributed by atoms with E-state index in [1.165, 1.54) is 0 Å². The summed E-state index contributed by atoms with van der Waals surface area (Å²) >= 11 is 0. The summed E-state index contributed by atoms with van der Waals surface area (Å²) in [5.74, 6) is 1.01. The summed E-state index contributed by atoms with van der Waals surface area (Å²) in [6.07, 6.45) is 1.60. The molecule has 1 radical (unpaired) electrons. The van der Waals surface area contributed by atoms with Crippen LogP contribution in [0.25, 0.3) is 0 Å². The van der Waals surface area contributed by atoms with Gasteiger partial charge in [0.1, 0.15) is 11.5 Å². The number of hydrogen-bond acceptors (Lipinski definition) is 4. The smallest absolute Gasteiger partial charge is 0.395 e. The van der Waals surface area contributed by atoms with Crippen molar-refractivity contribution in [1.29, 1.82) is 0 Å². The van der Waals surface area contributed by atoms with Crippen molar-refractivity contribution in [3.8, 4) is 11.5 Å². The second-order valence-corrected chi connectivity index (χ2v) is 2.40. The van der Waals surface area contributed by atoms with Gasteiger partial charge in [0, 0.05) is 0 Å². The standard InChI is InChI=1S/C8H6O4P/c9-5-6-11-7-1-3-8(4-2-7)12-13-10/h1-4H,6H2. The second-order valence-electron chi connectivity index (χ2n) is 2.07. The molecular weight excluding hydrogens is 191 g/mol. The van der Waals surface area contributed by atoms with E-state index in [9.17, 15) is 9.36 Å². The number of ether oxygens (including phenoxy) is 1. The molecule has 13 heavy (non-hydrogen) atoms. The Bertz CT molecular complexity index is 283. The summed E-state index contributed by atoms with van der Waals surface area (Å²) in [7, 11) is -0.397. The third kappa shape index (κ3) is 3.22. The number of carbonyl (C=O) groups excluding carboxylic acids is 1. The average Bonchev–Trinajstić information content (AvgIpc) is 2.17. The van der Waals surface area contributed by atoms with Gasteiger partial charge in [0.25, 0.3) is 0 Å². The van der Waals surface area contributed by atoms with Crippen LogP contribution in [0.2, 0.25) is 0 Å². The monoisotopic (exact) mass is 197 g/mol. The molecule has 0 N–H and O–H groups in total. The van der Waals surface area contributed by atoms with Crippen LogP contribution in [0, 0.1) is 0 Å².